The molecule has 12 heteroatoms. The average Bonchev–Trinajstić information content (AvgIpc) is 3.34. The first kappa shape index (κ1) is 22.2. The lowest BCUT2D eigenvalue weighted by Crippen LogP contribution is -2.35. The third-order valence-electron chi connectivity index (χ3n) is 5.15. The van der Waals surface area contributed by atoms with Crippen LogP contribution in [0, 0.1) is 5.82 Å². The van der Waals surface area contributed by atoms with E-state index in [0.717, 1.165) is 10.6 Å². The Balaban J connectivity index is 1.42. The number of carbonyl (C=O) groups excluding carboxylic acids is 2. The third kappa shape index (κ3) is 4.59. The van der Waals surface area contributed by atoms with Gasteiger partial charge in [-0.3, -0.25) is 14.4 Å². The predicted molar refractivity (Wildman–Crippen MR) is 117 cm³/mol. The number of nitrogens with zero attached hydrogens (tertiary/aromatic N) is 2. The number of nitrogens with two attached hydrogens (primary N) is 1. The van der Waals surface area contributed by atoms with Gasteiger partial charge in [-0.15, -0.1) is 0 Å². The van der Waals surface area contributed by atoms with Crippen molar-refractivity contribution in [3.8, 4) is 0 Å². The minimum absolute atomic E-state index is 0.0208. The molecule has 4 rings (SSSR count). The van der Waals surface area contributed by atoms with Crippen LogP contribution in [-0.4, -0.2) is 50.3 Å². The van der Waals surface area contributed by atoms with Crippen molar-refractivity contribution >= 4 is 56.8 Å². The molecular weight excluding hydrogens is 461 g/mol. The van der Waals surface area contributed by atoms with E-state index in [1.807, 2.05) is 0 Å². The van der Waals surface area contributed by atoms with Gasteiger partial charge in [-0.25, -0.2) is 9.37 Å². The van der Waals surface area contributed by atoms with E-state index in [4.69, 9.17) is 22.4 Å². The number of aromatic nitrogens is 2. The molecule has 5 N–H and O–H groups in total. The Bertz CT molecular complexity index is 1230. The van der Waals surface area contributed by atoms with Crippen molar-refractivity contribution in [2.75, 3.05) is 11.9 Å². The highest BCUT2D eigenvalue weighted by molar-refractivity contribution is 7.15. The monoisotopic (exact) mass is 479 g/mol. The Labute approximate surface area is 190 Å². The van der Waals surface area contributed by atoms with E-state index in [9.17, 15) is 18.8 Å². The lowest BCUT2D eigenvalue weighted by molar-refractivity contribution is -0.138. The normalized spacial score (nSPS) is 14.3. The van der Waals surface area contributed by atoms with Crippen molar-refractivity contribution in [3.63, 3.8) is 0 Å². The van der Waals surface area contributed by atoms with Crippen molar-refractivity contribution in [1.29, 1.82) is 0 Å². The second-order valence-corrected chi connectivity index (χ2v) is 8.92. The number of aliphatic carboxylic acids is 1. The van der Waals surface area contributed by atoms with Crippen LogP contribution in [0.15, 0.2) is 18.2 Å². The molecule has 1 atom stereocenters. The zero-order chi connectivity index (χ0) is 23.0. The SMILES string of the molecule is NC(CCC(=O)Nc1nc2c(s1)CN(C(=O)c1cc3c(Cl)cc(F)cc3[nH]1)CC2)C(=O)O. The van der Waals surface area contributed by atoms with Gasteiger partial charge < -0.3 is 26.0 Å². The first-order chi connectivity index (χ1) is 15.2. The molecule has 0 aliphatic carbocycles. The van der Waals surface area contributed by atoms with Crippen LogP contribution in [0.2, 0.25) is 5.02 Å². The Hall–Kier alpha value is -3.02. The van der Waals surface area contributed by atoms with E-state index in [1.54, 1.807) is 11.0 Å². The quantitative estimate of drug-likeness (QED) is 0.428. The minimum atomic E-state index is -1.16. The Morgan fingerprint density at radius 1 is 1.38 bits per heavy atom. The van der Waals surface area contributed by atoms with Gasteiger partial charge in [0.25, 0.3) is 5.91 Å². The molecule has 0 bridgehead atoms. The summed E-state index contributed by atoms with van der Waals surface area (Å²) in [5.41, 5.74) is 6.97. The summed E-state index contributed by atoms with van der Waals surface area (Å²) < 4.78 is 13.6. The highest BCUT2D eigenvalue weighted by atomic mass is 35.5. The summed E-state index contributed by atoms with van der Waals surface area (Å²) in [4.78, 5) is 45.6. The molecule has 32 heavy (non-hydrogen) atoms. The molecule has 0 spiro atoms. The van der Waals surface area contributed by atoms with Crippen LogP contribution in [0.4, 0.5) is 9.52 Å². The Morgan fingerprint density at radius 2 is 2.16 bits per heavy atom. The van der Waals surface area contributed by atoms with E-state index < -0.39 is 17.8 Å². The molecule has 9 nitrogen and oxygen atoms in total. The molecule has 1 aliphatic rings. The van der Waals surface area contributed by atoms with Gasteiger partial charge in [0, 0.05) is 29.6 Å². The van der Waals surface area contributed by atoms with E-state index in [-0.39, 0.29) is 29.7 Å². The summed E-state index contributed by atoms with van der Waals surface area (Å²) in [6.07, 6.45) is 0.506. The Kier molecular flexibility index (Phi) is 6.13. The topological polar surface area (TPSA) is 141 Å². The van der Waals surface area contributed by atoms with Gasteiger partial charge in [0.05, 0.1) is 22.8 Å². The summed E-state index contributed by atoms with van der Waals surface area (Å²) in [5, 5.41) is 12.6. The van der Waals surface area contributed by atoms with Gasteiger partial charge in [-0.1, -0.05) is 22.9 Å². The fourth-order valence-corrected chi connectivity index (χ4v) is 4.76. The zero-order valence-corrected chi connectivity index (χ0v) is 18.2. The third-order valence-corrected chi connectivity index (χ3v) is 6.46. The van der Waals surface area contributed by atoms with Gasteiger partial charge >= 0.3 is 5.97 Å². The first-order valence-electron chi connectivity index (χ1n) is 9.75. The van der Waals surface area contributed by atoms with E-state index in [2.05, 4.69) is 15.3 Å². The van der Waals surface area contributed by atoms with Crippen LogP contribution in [-0.2, 0) is 22.6 Å². The number of H-pyrrole nitrogens is 1. The number of rotatable bonds is 6. The van der Waals surface area contributed by atoms with Crippen LogP contribution in [0.3, 0.4) is 0 Å². The molecular formula is C20H19ClFN5O4S. The van der Waals surface area contributed by atoms with Crippen molar-refractivity contribution in [2.45, 2.75) is 31.8 Å². The molecule has 1 unspecified atom stereocenters. The second kappa shape index (κ2) is 8.85. The minimum Gasteiger partial charge on any atom is -0.480 e. The van der Waals surface area contributed by atoms with Crippen LogP contribution in [0.25, 0.3) is 10.9 Å². The number of nitrogens with one attached hydrogen (secondary N) is 2. The van der Waals surface area contributed by atoms with Crippen molar-refractivity contribution < 1.29 is 23.9 Å². The average molecular weight is 480 g/mol. The lowest BCUT2D eigenvalue weighted by Gasteiger charge is -2.25. The highest BCUT2D eigenvalue weighted by Crippen LogP contribution is 2.30. The number of halogens is 2. The largest absolute Gasteiger partial charge is 0.480 e. The smallest absolute Gasteiger partial charge is 0.320 e. The van der Waals surface area contributed by atoms with Crippen LogP contribution in [0.1, 0.15) is 33.9 Å². The fourth-order valence-electron chi connectivity index (χ4n) is 3.46. The number of hydrogen-bond donors (Lipinski definition) is 4. The predicted octanol–water partition coefficient (Wildman–Crippen LogP) is 2.75. The summed E-state index contributed by atoms with van der Waals surface area (Å²) in [6.45, 7) is 0.761. The maximum Gasteiger partial charge on any atom is 0.320 e. The van der Waals surface area contributed by atoms with Gasteiger partial charge in [-0.05, 0) is 24.6 Å². The van der Waals surface area contributed by atoms with Crippen LogP contribution in [0.5, 0.6) is 0 Å². The standard InChI is InChI=1S/C20H19ClFN5O4S/c21-11-5-9(22)6-14-10(11)7-15(24-14)18(29)27-4-3-13-16(8-27)32-20(25-13)26-17(28)2-1-12(23)19(30)31/h5-7,12,24H,1-4,8,23H2,(H,30,31)(H,25,26,28). The van der Waals surface area contributed by atoms with Gasteiger partial charge in [0.1, 0.15) is 17.6 Å². The van der Waals surface area contributed by atoms with Crippen molar-refractivity contribution in [1.82, 2.24) is 14.9 Å². The van der Waals surface area contributed by atoms with E-state index in [0.29, 0.717) is 41.2 Å². The molecule has 0 radical (unpaired) electrons. The number of amides is 2. The number of fused-ring (bicyclic) bond motifs is 2. The maximum absolute atomic E-state index is 13.6. The van der Waals surface area contributed by atoms with Crippen LogP contribution < -0.4 is 11.1 Å². The molecule has 2 amide bonds. The van der Waals surface area contributed by atoms with E-state index in [1.165, 1.54) is 23.5 Å². The number of thiazole rings is 1. The number of aromatic amines is 1. The number of benzene rings is 1. The second-order valence-electron chi connectivity index (χ2n) is 7.43. The summed E-state index contributed by atoms with van der Waals surface area (Å²) >= 11 is 7.34. The molecule has 0 saturated heterocycles. The number of carbonyl (C=O) groups is 3. The highest BCUT2D eigenvalue weighted by Gasteiger charge is 2.26. The van der Waals surface area contributed by atoms with Gasteiger partial charge in [0.15, 0.2) is 5.13 Å². The lowest BCUT2D eigenvalue weighted by atomic mass is 10.1. The molecule has 0 fully saturated rings. The number of carboxylic acid groups (broad SMARTS) is 1. The number of anilines is 1. The zero-order valence-electron chi connectivity index (χ0n) is 16.7. The number of hydrogen-bond acceptors (Lipinski definition) is 6. The summed E-state index contributed by atoms with van der Waals surface area (Å²) in [7, 11) is 0. The van der Waals surface area contributed by atoms with Gasteiger partial charge in [-0.2, -0.15) is 0 Å². The van der Waals surface area contributed by atoms with Gasteiger partial charge in [0.2, 0.25) is 5.91 Å². The Morgan fingerprint density at radius 3 is 2.91 bits per heavy atom. The summed E-state index contributed by atoms with van der Waals surface area (Å²) in [5.74, 6) is -2.27. The molecule has 168 valence electrons. The number of carboxylic acids is 1. The molecule has 1 aliphatic heterocycles. The summed E-state index contributed by atoms with van der Waals surface area (Å²) in [6, 6.07) is 2.99. The molecule has 3 aromatic rings. The fraction of sp³-hybridized carbons (Fsp3) is 0.300. The van der Waals surface area contributed by atoms with Crippen LogP contribution >= 0.6 is 22.9 Å². The van der Waals surface area contributed by atoms with Crippen molar-refractivity contribution in [3.05, 3.63) is 45.3 Å². The molecule has 1 aromatic carbocycles. The molecule has 0 saturated carbocycles. The van der Waals surface area contributed by atoms with Crippen molar-refractivity contribution in [2.24, 2.45) is 5.73 Å². The maximum atomic E-state index is 13.6. The molecule has 3 heterocycles. The molecule has 2 aromatic heterocycles. The van der Waals surface area contributed by atoms with E-state index >= 15 is 0 Å². The first-order valence-corrected chi connectivity index (χ1v) is 10.9.